The lowest BCUT2D eigenvalue weighted by Crippen LogP contribution is -2.66. The number of nitrogens with one attached hydrogen (secondary N) is 1. The predicted molar refractivity (Wildman–Crippen MR) is 211 cm³/mol. The van der Waals surface area contributed by atoms with Crippen molar-refractivity contribution in [3.8, 4) is 5.75 Å². The van der Waals surface area contributed by atoms with Crippen molar-refractivity contribution in [2.24, 2.45) is 0 Å². The van der Waals surface area contributed by atoms with E-state index in [0.717, 1.165) is 51.1 Å². The number of halogens is 1. The first-order chi connectivity index (χ1) is 24.2. The molecule has 2 aromatic heterocycles. The molecule has 9 heteroatoms. The molecule has 7 nitrogen and oxygen atoms in total. The molecule has 0 aliphatic carbocycles. The Morgan fingerprint density at radius 1 is 0.840 bits per heavy atom. The molecule has 0 amide bonds. The highest BCUT2D eigenvalue weighted by Crippen LogP contribution is 2.37. The topological polar surface area (TPSA) is 68.1 Å². The van der Waals surface area contributed by atoms with Gasteiger partial charge in [-0.25, -0.2) is 4.98 Å². The Balaban J connectivity index is 0.997. The molecular weight excluding hydrogens is 704 g/mol. The van der Waals surface area contributed by atoms with Crippen molar-refractivity contribution in [3.63, 3.8) is 0 Å². The summed E-state index contributed by atoms with van der Waals surface area (Å²) in [6, 6.07) is 36.0. The van der Waals surface area contributed by atoms with Crippen molar-refractivity contribution in [2.75, 3.05) is 38.7 Å². The van der Waals surface area contributed by atoms with E-state index in [-0.39, 0.29) is 16.6 Å². The van der Waals surface area contributed by atoms with E-state index in [0.29, 0.717) is 28.5 Å². The average Bonchev–Trinajstić information content (AvgIpc) is 3.12. The first-order valence-electron chi connectivity index (χ1n) is 17.8. The minimum absolute atomic E-state index is 0.0119. The van der Waals surface area contributed by atoms with Crippen LogP contribution in [0.3, 0.4) is 0 Å². The number of benzene rings is 3. The van der Waals surface area contributed by atoms with E-state index in [1.165, 1.54) is 15.9 Å². The average molecular weight is 754 g/mol. The van der Waals surface area contributed by atoms with Crippen molar-refractivity contribution in [1.29, 1.82) is 0 Å². The minimum atomic E-state index is -2.49. The molecule has 0 radical (unpaired) electrons. The fraction of sp³-hybridized carbons (Fsp3) is 0.366. The second kappa shape index (κ2) is 16.1. The van der Waals surface area contributed by atoms with Crippen LogP contribution < -0.4 is 26.0 Å². The zero-order valence-corrected chi connectivity index (χ0v) is 32.2. The Kier molecular flexibility index (Phi) is 11.6. The number of aromatic nitrogens is 2. The monoisotopic (exact) mass is 752 g/mol. The summed E-state index contributed by atoms with van der Waals surface area (Å²) in [6.45, 7) is 10.3. The first kappa shape index (κ1) is 36.0. The second-order valence-corrected chi connectivity index (χ2v) is 19.6. The fourth-order valence-electron chi connectivity index (χ4n) is 7.42. The number of ether oxygens (including phenoxy) is 1. The van der Waals surface area contributed by atoms with E-state index in [1.807, 2.05) is 18.2 Å². The van der Waals surface area contributed by atoms with Crippen LogP contribution in [0.2, 0.25) is 5.04 Å². The van der Waals surface area contributed by atoms with Gasteiger partial charge in [-0.2, -0.15) is 0 Å². The lowest BCUT2D eigenvalue weighted by molar-refractivity contribution is 0.235. The van der Waals surface area contributed by atoms with Crippen LogP contribution in [0.25, 0.3) is 5.65 Å². The summed E-state index contributed by atoms with van der Waals surface area (Å²) in [5.74, 6) is 1.86. The van der Waals surface area contributed by atoms with Gasteiger partial charge < -0.3 is 19.4 Å². The first-order valence-corrected chi connectivity index (χ1v) is 20.5. The summed E-state index contributed by atoms with van der Waals surface area (Å²) in [6.07, 6.45) is 5.72. The van der Waals surface area contributed by atoms with Crippen LogP contribution in [-0.4, -0.2) is 62.0 Å². The van der Waals surface area contributed by atoms with Crippen molar-refractivity contribution < 1.29 is 9.16 Å². The second-order valence-electron chi connectivity index (χ2n) is 14.5. The van der Waals surface area contributed by atoms with Crippen LogP contribution in [0.15, 0.2) is 119 Å². The Bertz CT molecular complexity index is 1860. The molecule has 0 unspecified atom stereocenters. The highest BCUT2D eigenvalue weighted by Gasteiger charge is 2.49. The molecule has 1 saturated heterocycles. The molecule has 3 heterocycles. The van der Waals surface area contributed by atoms with Crippen molar-refractivity contribution >= 4 is 46.1 Å². The number of pyridine rings is 1. The van der Waals surface area contributed by atoms with Gasteiger partial charge in [0.15, 0.2) is 0 Å². The maximum atomic E-state index is 12.9. The maximum absolute atomic E-state index is 12.9. The van der Waals surface area contributed by atoms with Crippen LogP contribution in [0.4, 0.5) is 5.82 Å². The summed E-state index contributed by atoms with van der Waals surface area (Å²) in [5, 5.41) is 6.19. The van der Waals surface area contributed by atoms with Gasteiger partial charge >= 0.3 is 0 Å². The van der Waals surface area contributed by atoms with Crippen LogP contribution in [-0.2, 0) is 4.43 Å². The summed E-state index contributed by atoms with van der Waals surface area (Å²) in [5.41, 5.74) is 1.81. The number of fused-ring (bicyclic) bond motifs is 1. The quantitative estimate of drug-likeness (QED) is 0.0994. The largest absolute Gasteiger partial charge is 0.494 e. The molecule has 1 aliphatic rings. The third-order valence-electron chi connectivity index (χ3n) is 9.80. The molecule has 0 spiro atoms. The van der Waals surface area contributed by atoms with Crippen LogP contribution in [0.5, 0.6) is 5.75 Å². The molecule has 262 valence electrons. The maximum Gasteiger partial charge on any atom is 0.274 e. The fourth-order valence-corrected chi connectivity index (χ4v) is 12.4. The SMILES string of the molecule is CN1C[C@H](Nc2nc3ccccn3c(=O)c2Br)C[C@H](c2ccc(OCCCCCO[Si](c3ccccc3)(c3ccccc3)C(C)(C)C)cc2)C1. The molecule has 6 rings (SSSR count). The molecule has 1 fully saturated rings. The predicted octanol–water partition coefficient (Wildman–Crippen LogP) is 7.48. The van der Waals surface area contributed by atoms with Crippen molar-refractivity contribution in [1.82, 2.24) is 14.3 Å². The lowest BCUT2D eigenvalue weighted by atomic mass is 9.88. The molecule has 50 heavy (non-hydrogen) atoms. The number of hydrogen-bond donors (Lipinski definition) is 1. The number of likely N-dealkylation sites (N-methyl/N-ethyl adjacent to an activating group) is 1. The molecule has 1 N–H and O–H groups in total. The molecule has 3 aromatic carbocycles. The number of anilines is 1. The zero-order chi connectivity index (χ0) is 35.1. The normalized spacial score (nSPS) is 17.1. The molecule has 1 aliphatic heterocycles. The molecule has 0 saturated carbocycles. The number of hydrogen-bond acceptors (Lipinski definition) is 6. The molecule has 0 bridgehead atoms. The van der Waals surface area contributed by atoms with Gasteiger partial charge in [-0.1, -0.05) is 99.6 Å². The van der Waals surface area contributed by atoms with Gasteiger partial charge in [0.05, 0.1) is 6.61 Å². The van der Waals surface area contributed by atoms with Gasteiger partial charge in [-0.05, 0) is 99.8 Å². The van der Waals surface area contributed by atoms with Gasteiger partial charge in [0.1, 0.15) is 21.7 Å². The number of nitrogens with zero attached hydrogens (tertiary/aromatic N) is 3. The van der Waals surface area contributed by atoms with Gasteiger partial charge in [-0.15, -0.1) is 0 Å². The summed E-state index contributed by atoms with van der Waals surface area (Å²) >= 11 is 3.49. The van der Waals surface area contributed by atoms with E-state index in [2.05, 4.69) is 139 Å². The summed E-state index contributed by atoms with van der Waals surface area (Å²) < 4.78 is 15.2. The highest BCUT2D eigenvalue weighted by molar-refractivity contribution is 9.10. The van der Waals surface area contributed by atoms with Gasteiger partial charge in [0, 0.05) is 31.9 Å². The molecule has 2 atom stereocenters. The van der Waals surface area contributed by atoms with Gasteiger partial charge in [0.2, 0.25) is 0 Å². The molecule has 5 aromatic rings. The Morgan fingerprint density at radius 2 is 1.48 bits per heavy atom. The number of unbranched alkanes of at least 4 members (excludes halogenated alkanes) is 2. The lowest BCUT2D eigenvalue weighted by Gasteiger charge is -2.43. The van der Waals surface area contributed by atoms with E-state index in [4.69, 9.17) is 14.1 Å². The van der Waals surface area contributed by atoms with Crippen LogP contribution in [0, 0.1) is 0 Å². The van der Waals surface area contributed by atoms with E-state index >= 15 is 0 Å². The van der Waals surface area contributed by atoms with Crippen LogP contribution >= 0.6 is 15.9 Å². The van der Waals surface area contributed by atoms with Gasteiger partial charge in [-0.3, -0.25) is 9.20 Å². The molecular formula is C41H49BrN4O3Si. The van der Waals surface area contributed by atoms with E-state index in [1.54, 1.807) is 10.6 Å². The van der Waals surface area contributed by atoms with Gasteiger partial charge in [0.25, 0.3) is 13.9 Å². The Labute approximate surface area is 305 Å². The zero-order valence-electron chi connectivity index (χ0n) is 29.6. The highest BCUT2D eigenvalue weighted by atomic mass is 79.9. The third-order valence-corrected chi connectivity index (χ3v) is 15.6. The van der Waals surface area contributed by atoms with E-state index < -0.39 is 8.32 Å². The Morgan fingerprint density at radius 3 is 2.14 bits per heavy atom. The van der Waals surface area contributed by atoms with Crippen molar-refractivity contribution in [3.05, 3.63) is 130 Å². The third kappa shape index (κ3) is 8.07. The summed E-state index contributed by atoms with van der Waals surface area (Å²) in [7, 11) is -0.342. The van der Waals surface area contributed by atoms with E-state index in [9.17, 15) is 4.79 Å². The minimum Gasteiger partial charge on any atom is -0.494 e. The number of piperidine rings is 1. The standard InChI is InChI=1S/C41H49BrN4O3Si/c1-41(2,3)50(35-16-8-5-9-17-35,36-18-10-6-11-19-36)49-27-15-7-14-26-48-34-23-21-31(22-24-34)32-28-33(30-45(4)29-32)43-39-38(42)40(47)46-25-13-12-20-37(46)44-39/h5-6,8-13,16-25,32-33,43H,7,14-15,26-30H2,1-4H3/t32-,33+/m0/s1. The smallest absolute Gasteiger partial charge is 0.274 e. The number of rotatable bonds is 13. The Hall–Kier alpha value is -3.76. The van der Waals surface area contributed by atoms with Crippen molar-refractivity contribution in [2.45, 2.75) is 63.5 Å². The van der Waals surface area contributed by atoms with Crippen LogP contribution in [0.1, 0.15) is 57.9 Å². The summed E-state index contributed by atoms with van der Waals surface area (Å²) in [4.78, 5) is 20.0. The number of likely N-dealkylation sites (tertiary alicyclic amines) is 1.